The third kappa shape index (κ3) is 4.16. The van der Waals surface area contributed by atoms with Gasteiger partial charge < -0.3 is 10.5 Å². The molecule has 2 N–H and O–H groups in total. The molecule has 30 heavy (non-hydrogen) atoms. The van der Waals surface area contributed by atoms with Crippen LogP contribution in [0.25, 0.3) is 23.1 Å². The highest BCUT2D eigenvalue weighted by atomic mass is 16.5. The minimum absolute atomic E-state index is 0.107. The van der Waals surface area contributed by atoms with Crippen LogP contribution in [0.1, 0.15) is 22.5 Å². The number of hydrogen-bond donors (Lipinski definition) is 1. The molecule has 150 valence electrons. The van der Waals surface area contributed by atoms with Crippen LogP contribution in [0, 0.1) is 0 Å². The summed E-state index contributed by atoms with van der Waals surface area (Å²) in [5.41, 5.74) is 9.38. The molecule has 0 unspecified atom stereocenters. The summed E-state index contributed by atoms with van der Waals surface area (Å²) < 4.78 is 6.99. The van der Waals surface area contributed by atoms with Crippen LogP contribution in [0.2, 0.25) is 0 Å². The molecule has 0 amide bonds. The molecule has 4 rings (SSSR count). The molecule has 0 aliphatic heterocycles. The van der Waals surface area contributed by atoms with E-state index in [0.29, 0.717) is 35.6 Å². The summed E-state index contributed by atoms with van der Waals surface area (Å²) >= 11 is 0. The Kier molecular flexibility index (Phi) is 5.72. The van der Waals surface area contributed by atoms with E-state index in [4.69, 9.17) is 15.5 Å². The number of benzene rings is 3. The van der Waals surface area contributed by atoms with Crippen LogP contribution < -0.4 is 16.0 Å². The fraction of sp³-hybridized carbons (Fsp3) is 0.120. The minimum atomic E-state index is -0.107. The van der Waals surface area contributed by atoms with Gasteiger partial charge in [-0.05, 0) is 41.0 Å². The van der Waals surface area contributed by atoms with Gasteiger partial charge in [0.25, 0.3) is 5.56 Å². The van der Waals surface area contributed by atoms with Crippen molar-refractivity contribution in [1.29, 1.82) is 0 Å². The van der Waals surface area contributed by atoms with Crippen molar-refractivity contribution in [2.24, 2.45) is 5.73 Å². The number of methoxy groups -OCH3 is 1. The molecular formula is C25H23N3O2. The van der Waals surface area contributed by atoms with Gasteiger partial charge in [0, 0.05) is 6.54 Å². The quantitative estimate of drug-likeness (QED) is 0.532. The maximum Gasteiger partial charge on any atom is 0.262 e. The predicted octanol–water partition coefficient (Wildman–Crippen LogP) is 4.08. The lowest BCUT2D eigenvalue weighted by molar-refractivity contribution is 0.415. The molecule has 5 heteroatoms. The molecule has 0 aliphatic carbocycles. The zero-order valence-corrected chi connectivity index (χ0v) is 16.8. The van der Waals surface area contributed by atoms with Gasteiger partial charge in [-0.2, -0.15) is 0 Å². The Balaban J connectivity index is 1.86. The van der Waals surface area contributed by atoms with E-state index in [-0.39, 0.29) is 5.56 Å². The molecule has 0 fully saturated rings. The number of hydrogen-bond acceptors (Lipinski definition) is 4. The SMILES string of the molecule is COc1ccc2nc(C=Cc3ccccc3)n(Cc3cccc(CN)c3)c(=O)c2c1. The lowest BCUT2D eigenvalue weighted by atomic mass is 10.1. The molecule has 1 aromatic heterocycles. The van der Waals surface area contributed by atoms with Crippen LogP contribution in [0.15, 0.2) is 77.6 Å². The van der Waals surface area contributed by atoms with E-state index < -0.39 is 0 Å². The summed E-state index contributed by atoms with van der Waals surface area (Å²) in [6.45, 7) is 0.859. The summed E-state index contributed by atoms with van der Waals surface area (Å²) in [7, 11) is 1.59. The smallest absolute Gasteiger partial charge is 0.262 e. The monoisotopic (exact) mass is 397 g/mol. The number of rotatable bonds is 6. The van der Waals surface area contributed by atoms with Crippen molar-refractivity contribution < 1.29 is 4.74 Å². The third-order valence-electron chi connectivity index (χ3n) is 4.98. The zero-order chi connectivity index (χ0) is 20.9. The number of nitrogens with two attached hydrogens (primary N) is 1. The van der Waals surface area contributed by atoms with E-state index in [0.717, 1.165) is 16.7 Å². The summed E-state index contributed by atoms with van der Waals surface area (Å²) in [6.07, 6.45) is 3.84. The Labute approximate surface area is 175 Å². The van der Waals surface area contributed by atoms with Crippen LogP contribution in [0.4, 0.5) is 0 Å². The highest BCUT2D eigenvalue weighted by molar-refractivity contribution is 5.81. The maximum absolute atomic E-state index is 13.4. The first kappa shape index (κ1) is 19.6. The molecule has 0 bridgehead atoms. The van der Waals surface area contributed by atoms with Gasteiger partial charge in [0.1, 0.15) is 11.6 Å². The molecule has 3 aromatic carbocycles. The van der Waals surface area contributed by atoms with Crippen molar-refractivity contribution in [3.05, 3.63) is 106 Å². The lowest BCUT2D eigenvalue weighted by Gasteiger charge is -2.13. The van der Waals surface area contributed by atoms with E-state index in [2.05, 4.69) is 0 Å². The first-order valence-corrected chi connectivity index (χ1v) is 9.77. The molecule has 1 heterocycles. The fourth-order valence-electron chi connectivity index (χ4n) is 3.40. The van der Waals surface area contributed by atoms with E-state index in [9.17, 15) is 4.79 Å². The van der Waals surface area contributed by atoms with E-state index in [1.165, 1.54) is 0 Å². The van der Waals surface area contributed by atoms with Crippen LogP contribution in [0.5, 0.6) is 5.75 Å². The van der Waals surface area contributed by atoms with Gasteiger partial charge >= 0.3 is 0 Å². The molecule has 0 aliphatic rings. The van der Waals surface area contributed by atoms with Gasteiger partial charge in [-0.3, -0.25) is 9.36 Å². The first-order valence-electron chi connectivity index (χ1n) is 9.77. The standard InChI is InChI=1S/C25H23N3O2/c1-30-21-11-12-23-22(15-21)25(29)28(17-20-9-5-8-19(14-20)16-26)24(27-23)13-10-18-6-3-2-4-7-18/h2-15H,16-17,26H2,1H3. The van der Waals surface area contributed by atoms with Gasteiger partial charge in [-0.1, -0.05) is 60.7 Å². The highest BCUT2D eigenvalue weighted by Crippen LogP contribution is 2.18. The fourth-order valence-corrected chi connectivity index (χ4v) is 3.40. The Morgan fingerprint density at radius 3 is 2.53 bits per heavy atom. The topological polar surface area (TPSA) is 70.1 Å². The Hall–Kier alpha value is -3.70. The largest absolute Gasteiger partial charge is 0.497 e. The number of nitrogens with zero attached hydrogens (tertiary/aromatic N) is 2. The Morgan fingerprint density at radius 2 is 1.77 bits per heavy atom. The minimum Gasteiger partial charge on any atom is -0.497 e. The summed E-state index contributed by atoms with van der Waals surface area (Å²) in [5.74, 6) is 1.23. The molecule has 0 saturated carbocycles. The normalized spacial score (nSPS) is 11.3. The summed E-state index contributed by atoms with van der Waals surface area (Å²) in [5, 5.41) is 0.529. The zero-order valence-electron chi connectivity index (χ0n) is 16.8. The van der Waals surface area contributed by atoms with Gasteiger partial charge in [0.05, 0.1) is 24.6 Å². The second kappa shape index (κ2) is 8.76. The third-order valence-corrected chi connectivity index (χ3v) is 4.98. The molecule has 4 aromatic rings. The predicted molar refractivity (Wildman–Crippen MR) is 121 cm³/mol. The molecule has 0 saturated heterocycles. The average Bonchev–Trinajstić information content (AvgIpc) is 2.80. The molecule has 5 nitrogen and oxygen atoms in total. The molecule has 0 spiro atoms. The highest BCUT2D eigenvalue weighted by Gasteiger charge is 2.11. The van der Waals surface area contributed by atoms with Crippen LogP contribution in [-0.2, 0) is 13.1 Å². The van der Waals surface area contributed by atoms with Gasteiger partial charge in [-0.15, -0.1) is 0 Å². The summed E-state index contributed by atoms with van der Waals surface area (Å²) in [6, 6.07) is 23.3. The molecule has 0 radical (unpaired) electrons. The van der Waals surface area contributed by atoms with Crippen LogP contribution in [0.3, 0.4) is 0 Å². The van der Waals surface area contributed by atoms with Crippen LogP contribution in [-0.4, -0.2) is 16.7 Å². The van der Waals surface area contributed by atoms with Crippen molar-refractivity contribution in [3.8, 4) is 5.75 Å². The molecular weight excluding hydrogens is 374 g/mol. The summed E-state index contributed by atoms with van der Waals surface area (Å²) in [4.78, 5) is 18.2. The van der Waals surface area contributed by atoms with Crippen molar-refractivity contribution in [3.63, 3.8) is 0 Å². The van der Waals surface area contributed by atoms with Crippen molar-refractivity contribution >= 4 is 23.1 Å². The Morgan fingerprint density at radius 1 is 0.967 bits per heavy atom. The Bertz CT molecular complexity index is 1260. The second-order valence-corrected chi connectivity index (χ2v) is 7.01. The average molecular weight is 397 g/mol. The van der Waals surface area contributed by atoms with Gasteiger partial charge in [-0.25, -0.2) is 4.98 Å². The van der Waals surface area contributed by atoms with Gasteiger partial charge in [0.15, 0.2) is 0 Å². The number of ether oxygens (including phenoxy) is 1. The molecule has 0 atom stereocenters. The van der Waals surface area contributed by atoms with E-state index in [1.54, 1.807) is 17.7 Å². The second-order valence-electron chi connectivity index (χ2n) is 7.01. The first-order chi connectivity index (χ1) is 14.7. The van der Waals surface area contributed by atoms with E-state index >= 15 is 0 Å². The van der Waals surface area contributed by atoms with Gasteiger partial charge in [0.2, 0.25) is 0 Å². The van der Waals surface area contributed by atoms with Crippen molar-refractivity contribution in [2.75, 3.05) is 7.11 Å². The van der Waals surface area contributed by atoms with E-state index in [1.807, 2.05) is 78.9 Å². The number of fused-ring (bicyclic) bond motifs is 1. The number of aromatic nitrogens is 2. The maximum atomic E-state index is 13.4. The van der Waals surface area contributed by atoms with Crippen LogP contribution >= 0.6 is 0 Å². The lowest BCUT2D eigenvalue weighted by Crippen LogP contribution is -2.24. The van der Waals surface area contributed by atoms with Crippen molar-refractivity contribution in [1.82, 2.24) is 9.55 Å². The van der Waals surface area contributed by atoms with Crippen molar-refractivity contribution in [2.45, 2.75) is 13.1 Å².